The van der Waals surface area contributed by atoms with Crippen LogP contribution in [0.3, 0.4) is 0 Å². The van der Waals surface area contributed by atoms with Crippen LogP contribution in [0.1, 0.15) is 57.2 Å². The monoisotopic (exact) mass is 478 g/mol. The lowest BCUT2D eigenvalue weighted by atomic mass is 9.70. The SMILES string of the molecule is CC(C)c1ccc([C@](O)(c2cncc(Br)c2)C2(F)CN(C(=O)OC(C)(C)C)C2)cc1. The summed E-state index contributed by atoms with van der Waals surface area (Å²) < 4.78 is 22.2. The molecule has 1 amide bonds. The van der Waals surface area contributed by atoms with Crippen molar-refractivity contribution >= 4 is 22.0 Å². The average molecular weight is 479 g/mol. The Bertz CT molecular complexity index is 921. The Hall–Kier alpha value is -1.99. The summed E-state index contributed by atoms with van der Waals surface area (Å²) >= 11 is 3.35. The molecule has 1 aromatic carbocycles. The summed E-state index contributed by atoms with van der Waals surface area (Å²) in [5.74, 6) is 0.311. The van der Waals surface area contributed by atoms with Crippen LogP contribution in [0.25, 0.3) is 0 Å². The average Bonchev–Trinajstić information content (AvgIpc) is 2.63. The van der Waals surface area contributed by atoms with Crippen molar-refractivity contribution in [3.05, 3.63) is 63.9 Å². The Morgan fingerprint density at radius 1 is 1.20 bits per heavy atom. The number of rotatable bonds is 4. The number of amides is 1. The van der Waals surface area contributed by atoms with E-state index in [0.717, 1.165) is 5.56 Å². The fourth-order valence-electron chi connectivity index (χ4n) is 3.65. The first kappa shape index (κ1) is 22.7. The van der Waals surface area contributed by atoms with Crippen molar-refractivity contribution in [2.45, 2.75) is 57.4 Å². The number of hydrogen-bond acceptors (Lipinski definition) is 4. The molecule has 1 atom stereocenters. The third-order valence-electron chi connectivity index (χ3n) is 5.30. The maximum Gasteiger partial charge on any atom is 0.410 e. The molecule has 0 aliphatic carbocycles. The predicted molar refractivity (Wildman–Crippen MR) is 117 cm³/mol. The Morgan fingerprint density at radius 2 is 1.80 bits per heavy atom. The molecule has 1 aliphatic rings. The van der Waals surface area contributed by atoms with E-state index >= 15 is 4.39 Å². The number of alkyl halides is 1. The van der Waals surface area contributed by atoms with Crippen LogP contribution in [0.2, 0.25) is 0 Å². The Labute approximate surface area is 185 Å². The van der Waals surface area contributed by atoms with E-state index in [9.17, 15) is 9.90 Å². The molecule has 3 rings (SSSR count). The molecule has 0 unspecified atom stereocenters. The number of benzene rings is 1. The van der Waals surface area contributed by atoms with Crippen LogP contribution in [0, 0.1) is 0 Å². The fourth-order valence-corrected chi connectivity index (χ4v) is 4.01. The largest absolute Gasteiger partial charge is 0.444 e. The minimum absolute atomic E-state index is 0.281. The maximum absolute atomic E-state index is 16.2. The lowest BCUT2D eigenvalue weighted by Gasteiger charge is -2.52. The molecular formula is C23H28BrFN2O3. The molecule has 0 radical (unpaired) electrons. The summed E-state index contributed by atoms with van der Waals surface area (Å²) in [7, 11) is 0. The van der Waals surface area contributed by atoms with Crippen LogP contribution >= 0.6 is 15.9 Å². The second-order valence-corrected chi connectivity index (χ2v) is 10.1. The van der Waals surface area contributed by atoms with Crippen molar-refractivity contribution in [2.75, 3.05) is 13.1 Å². The normalized spacial score (nSPS) is 18.0. The molecule has 30 heavy (non-hydrogen) atoms. The van der Waals surface area contributed by atoms with E-state index in [4.69, 9.17) is 4.74 Å². The Balaban J connectivity index is 1.98. The van der Waals surface area contributed by atoms with Crippen LogP contribution in [-0.4, -0.2) is 45.4 Å². The van der Waals surface area contributed by atoms with Gasteiger partial charge in [0.25, 0.3) is 0 Å². The summed E-state index contributed by atoms with van der Waals surface area (Å²) in [5, 5.41) is 11.8. The van der Waals surface area contributed by atoms with E-state index in [1.54, 1.807) is 45.2 Å². The van der Waals surface area contributed by atoms with Crippen molar-refractivity contribution in [3.63, 3.8) is 0 Å². The van der Waals surface area contributed by atoms with Gasteiger partial charge in [0.2, 0.25) is 0 Å². The molecule has 162 valence electrons. The van der Waals surface area contributed by atoms with Crippen molar-refractivity contribution < 1.29 is 19.0 Å². The van der Waals surface area contributed by atoms with E-state index in [-0.39, 0.29) is 13.1 Å². The second-order valence-electron chi connectivity index (χ2n) is 9.18. The standard InChI is InChI=1S/C23H28BrFN2O3/c1-15(2)16-6-8-17(9-7-16)23(29,18-10-19(24)12-26-11-18)22(25)13-27(14-22)20(28)30-21(3,4)5/h6-12,15,29H,13-14H2,1-5H3/t23-/m0/s1. The van der Waals surface area contributed by atoms with Crippen LogP contribution in [0.15, 0.2) is 47.2 Å². The van der Waals surface area contributed by atoms with E-state index in [1.807, 2.05) is 12.1 Å². The number of aromatic nitrogens is 1. The van der Waals surface area contributed by atoms with Crippen LogP contribution in [0.5, 0.6) is 0 Å². The van der Waals surface area contributed by atoms with Gasteiger partial charge in [0.05, 0.1) is 13.1 Å². The zero-order valence-electron chi connectivity index (χ0n) is 17.9. The highest BCUT2D eigenvalue weighted by Gasteiger charge is 2.62. The van der Waals surface area contributed by atoms with Gasteiger partial charge in [-0.25, -0.2) is 9.18 Å². The van der Waals surface area contributed by atoms with Gasteiger partial charge < -0.3 is 14.7 Å². The molecule has 1 aromatic heterocycles. The summed E-state index contributed by atoms with van der Waals surface area (Å²) in [6.45, 7) is 8.85. The molecule has 5 nitrogen and oxygen atoms in total. The van der Waals surface area contributed by atoms with Gasteiger partial charge in [-0.15, -0.1) is 0 Å². The van der Waals surface area contributed by atoms with Gasteiger partial charge >= 0.3 is 6.09 Å². The van der Waals surface area contributed by atoms with Gasteiger partial charge in [-0.05, 0) is 59.8 Å². The van der Waals surface area contributed by atoms with Gasteiger partial charge in [-0.3, -0.25) is 4.98 Å². The van der Waals surface area contributed by atoms with Gasteiger partial charge in [0.1, 0.15) is 5.60 Å². The number of carbonyl (C=O) groups is 1. The Morgan fingerprint density at radius 3 is 2.30 bits per heavy atom. The molecule has 1 fully saturated rings. The van der Waals surface area contributed by atoms with Crippen LogP contribution in [-0.2, 0) is 10.3 Å². The molecule has 7 heteroatoms. The first-order valence-electron chi connectivity index (χ1n) is 9.96. The minimum atomic E-state index is -2.09. The fraction of sp³-hybridized carbons (Fsp3) is 0.478. The maximum atomic E-state index is 16.2. The number of aliphatic hydroxyl groups is 1. The van der Waals surface area contributed by atoms with Crippen molar-refractivity contribution in [1.29, 1.82) is 0 Å². The zero-order valence-corrected chi connectivity index (χ0v) is 19.5. The van der Waals surface area contributed by atoms with Crippen LogP contribution in [0.4, 0.5) is 9.18 Å². The minimum Gasteiger partial charge on any atom is -0.444 e. The summed E-state index contributed by atoms with van der Waals surface area (Å²) in [4.78, 5) is 17.7. The lowest BCUT2D eigenvalue weighted by Crippen LogP contribution is -2.70. The molecular weight excluding hydrogens is 451 g/mol. The zero-order chi connectivity index (χ0) is 22.3. The molecule has 2 aromatic rings. The van der Waals surface area contributed by atoms with Gasteiger partial charge in [-0.1, -0.05) is 38.1 Å². The molecule has 1 aliphatic heterocycles. The molecule has 2 heterocycles. The number of ether oxygens (including phenoxy) is 1. The van der Waals surface area contributed by atoms with E-state index in [2.05, 4.69) is 34.8 Å². The summed E-state index contributed by atoms with van der Waals surface area (Å²) in [5.41, 5.74) is -2.92. The summed E-state index contributed by atoms with van der Waals surface area (Å²) in [6.07, 6.45) is 2.43. The molecule has 0 bridgehead atoms. The quantitative estimate of drug-likeness (QED) is 0.658. The molecule has 0 spiro atoms. The lowest BCUT2D eigenvalue weighted by molar-refractivity contribution is -0.155. The molecule has 1 saturated heterocycles. The highest BCUT2D eigenvalue weighted by molar-refractivity contribution is 9.10. The first-order valence-corrected chi connectivity index (χ1v) is 10.8. The number of hydrogen-bond donors (Lipinski definition) is 1. The van der Waals surface area contributed by atoms with Crippen LogP contribution < -0.4 is 0 Å². The van der Waals surface area contributed by atoms with E-state index in [1.165, 1.54) is 11.1 Å². The highest BCUT2D eigenvalue weighted by atomic mass is 79.9. The van der Waals surface area contributed by atoms with Crippen molar-refractivity contribution in [3.8, 4) is 0 Å². The first-order chi connectivity index (χ1) is 13.9. The Kier molecular flexibility index (Phi) is 6.00. The van der Waals surface area contributed by atoms with Crippen molar-refractivity contribution in [1.82, 2.24) is 9.88 Å². The smallest absolute Gasteiger partial charge is 0.410 e. The van der Waals surface area contributed by atoms with Gasteiger partial charge in [0, 0.05) is 22.4 Å². The topological polar surface area (TPSA) is 62.7 Å². The van der Waals surface area contributed by atoms with Gasteiger partial charge in [-0.2, -0.15) is 0 Å². The summed E-state index contributed by atoms with van der Waals surface area (Å²) in [6, 6.07) is 8.93. The highest BCUT2D eigenvalue weighted by Crippen LogP contribution is 2.47. The number of likely N-dealkylation sites (tertiary alicyclic amines) is 1. The molecule has 0 saturated carbocycles. The van der Waals surface area contributed by atoms with E-state index < -0.39 is 23.0 Å². The number of halogens is 2. The van der Waals surface area contributed by atoms with Gasteiger partial charge in [0.15, 0.2) is 11.3 Å². The predicted octanol–water partition coefficient (Wildman–Crippen LogP) is 5.16. The number of pyridine rings is 1. The third-order valence-corrected chi connectivity index (χ3v) is 5.73. The third kappa shape index (κ3) is 4.23. The van der Waals surface area contributed by atoms with E-state index in [0.29, 0.717) is 21.5 Å². The number of nitrogens with zero attached hydrogens (tertiary/aromatic N) is 2. The van der Waals surface area contributed by atoms with Crippen molar-refractivity contribution in [2.24, 2.45) is 0 Å². The second kappa shape index (κ2) is 7.93. The molecule has 1 N–H and O–H groups in total. The number of carbonyl (C=O) groups excluding carboxylic acids is 1.